The number of carbonyl (C=O) groups is 1. The Bertz CT molecular complexity index is 810. The fourth-order valence-corrected chi connectivity index (χ4v) is 2.58. The summed E-state index contributed by atoms with van der Waals surface area (Å²) in [6.45, 7) is 3.49. The summed E-state index contributed by atoms with van der Waals surface area (Å²) < 4.78 is 43.2. The monoisotopic (exact) mass is 396 g/mol. The predicted octanol–water partition coefficient (Wildman–Crippen LogP) is 4.14. The number of alkyl halides is 3. The summed E-state index contributed by atoms with van der Waals surface area (Å²) in [5, 5.41) is 15.2. The Balaban J connectivity index is 1.83. The van der Waals surface area contributed by atoms with E-state index in [1.165, 1.54) is 12.1 Å². The number of aryl methyl sites for hydroxylation is 2. The number of ether oxygens (including phenoxy) is 1. The number of nitrogens with one attached hydrogen (secondary N) is 2. The quantitative estimate of drug-likeness (QED) is 0.659. The zero-order valence-corrected chi connectivity index (χ0v) is 15.6. The highest BCUT2D eigenvalue weighted by Gasteiger charge is 2.30. The minimum atomic E-state index is -4.47. The van der Waals surface area contributed by atoms with Gasteiger partial charge in [-0.15, -0.1) is 0 Å². The summed E-state index contributed by atoms with van der Waals surface area (Å²) in [5.74, 6) is -0.00850. The zero-order chi connectivity index (χ0) is 20.7. The van der Waals surface area contributed by atoms with Gasteiger partial charge < -0.3 is 20.5 Å². The van der Waals surface area contributed by atoms with Crippen molar-refractivity contribution < 1.29 is 27.8 Å². The van der Waals surface area contributed by atoms with E-state index in [4.69, 9.17) is 4.74 Å². The number of urea groups is 1. The number of aliphatic hydroxyl groups is 1. The number of rotatable bonds is 7. The average molecular weight is 396 g/mol. The van der Waals surface area contributed by atoms with Crippen LogP contribution in [-0.4, -0.2) is 30.4 Å². The number of hydrogen-bond acceptors (Lipinski definition) is 3. The van der Waals surface area contributed by atoms with Crippen LogP contribution in [0.25, 0.3) is 0 Å². The van der Waals surface area contributed by atoms with Crippen LogP contribution in [0.3, 0.4) is 0 Å². The summed E-state index contributed by atoms with van der Waals surface area (Å²) >= 11 is 0. The Hall–Kier alpha value is -2.74. The number of amides is 2. The maximum atomic E-state index is 12.7. The second-order valence-corrected chi connectivity index (χ2v) is 6.29. The third-order valence-electron chi connectivity index (χ3n) is 4.08. The second kappa shape index (κ2) is 9.45. The Labute approximate surface area is 161 Å². The number of benzene rings is 2. The van der Waals surface area contributed by atoms with Crippen LogP contribution in [-0.2, 0) is 12.6 Å². The molecule has 0 bridgehead atoms. The molecule has 2 rings (SSSR count). The van der Waals surface area contributed by atoms with Crippen molar-refractivity contribution in [3.05, 3.63) is 59.2 Å². The second-order valence-electron chi connectivity index (χ2n) is 6.29. The van der Waals surface area contributed by atoms with E-state index in [0.717, 1.165) is 35.4 Å². The Morgan fingerprint density at radius 3 is 2.61 bits per heavy atom. The summed E-state index contributed by atoms with van der Waals surface area (Å²) in [6, 6.07) is 9.61. The normalized spacial score (nSPS) is 12.4. The molecule has 2 aromatic carbocycles. The van der Waals surface area contributed by atoms with Crippen LogP contribution < -0.4 is 15.4 Å². The molecule has 2 aromatic rings. The van der Waals surface area contributed by atoms with Crippen LogP contribution in [0, 0.1) is 6.92 Å². The van der Waals surface area contributed by atoms with Crippen LogP contribution in [0.15, 0.2) is 42.5 Å². The first-order chi connectivity index (χ1) is 13.2. The number of para-hydroxylation sites is 1. The van der Waals surface area contributed by atoms with Crippen molar-refractivity contribution in [2.24, 2.45) is 0 Å². The molecule has 0 aliphatic carbocycles. The van der Waals surface area contributed by atoms with E-state index in [9.17, 15) is 23.1 Å². The van der Waals surface area contributed by atoms with Crippen LogP contribution in [0.1, 0.15) is 23.6 Å². The van der Waals surface area contributed by atoms with Crippen molar-refractivity contribution in [2.75, 3.05) is 18.5 Å². The third kappa shape index (κ3) is 6.16. The lowest BCUT2D eigenvalue weighted by Gasteiger charge is -2.16. The molecule has 1 atom stereocenters. The number of hydrogen-bond donors (Lipinski definition) is 3. The van der Waals surface area contributed by atoms with E-state index in [-0.39, 0.29) is 18.9 Å². The van der Waals surface area contributed by atoms with E-state index < -0.39 is 23.9 Å². The van der Waals surface area contributed by atoms with Gasteiger partial charge in [0.2, 0.25) is 0 Å². The van der Waals surface area contributed by atoms with Crippen LogP contribution >= 0.6 is 0 Å². The maximum Gasteiger partial charge on any atom is 0.416 e. The van der Waals surface area contributed by atoms with Gasteiger partial charge in [0.05, 0.1) is 5.56 Å². The van der Waals surface area contributed by atoms with Crippen molar-refractivity contribution in [3.8, 4) is 5.75 Å². The summed E-state index contributed by atoms with van der Waals surface area (Å²) in [5.41, 5.74) is 1.80. The Kier molecular flexibility index (Phi) is 7.28. The molecule has 0 aliphatic heterocycles. The molecule has 152 valence electrons. The standard InChI is InChI=1S/C20H23F3N2O3/c1-3-14-7-4-6-13(2)18(14)25-19(27)24-11-16(26)12-28-17-9-5-8-15(10-17)20(21,22)23/h4-10,16,26H,3,11-12H2,1-2H3,(H2,24,25,27). The molecule has 3 N–H and O–H groups in total. The number of carbonyl (C=O) groups excluding carboxylic acids is 1. The van der Waals surface area contributed by atoms with Gasteiger partial charge >= 0.3 is 12.2 Å². The van der Waals surface area contributed by atoms with Crippen LogP contribution in [0.4, 0.5) is 23.7 Å². The molecule has 0 aromatic heterocycles. The topological polar surface area (TPSA) is 70.6 Å². The van der Waals surface area contributed by atoms with Crippen LogP contribution in [0.2, 0.25) is 0 Å². The van der Waals surface area contributed by atoms with Crippen molar-refractivity contribution >= 4 is 11.7 Å². The van der Waals surface area contributed by atoms with Gasteiger partial charge in [0.1, 0.15) is 18.5 Å². The van der Waals surface area contributed by atoms with Gasteiger partial charge in [-0.05, 0) is 42.7 Å². The predicted molar refractivity (Wildman–Crippen MR) is 101 cm³/mol. The third-order valence-corrected chi connectivity index (χ3v) is 4.08. The lowest BCUT2D eigenvalue weighted by Crippen LogP contribution is -2.38. The summed E-state index contributed by atoms with van der Waals surface area (Å²) in [6.07, 6.45) is -4.79. The molecule has 0 spiro atoms. The first kappa shape index (κ1) is 21.6. The fourth-order valence-electron chi connectivity index (χ4n) is 2.58. The molecule has 0 saturated heterocycles. The van der Waals surface area contributed by atoms with Gasteiger partial charge in [-0.25, -0.2) is 4.79 Å². The van der Waals surface area contributed by atoms with E-state index in [1.807, 2.05) is 32.0 Å². The van der Waals surface area contributed by atoms with Gasteiger partial charge in [0.15, 0.2) is 0 Å². The van der Waals surface area contributed by atoms with E-state index in [2.05, 4.69) is 10.6 Å². The van der Waals surface area contributed by atoms with E-state index in [0.29, 0.717) is 0 Å². The molecule has 0 fully saturated rings. The molecule has 0 saturated carbocycles. The summed E-state index contributed by atoms with van der Waals surface area (Å²) in [4.78, 5) is 12.1. The first-order valence-corrected chi connectivity index (χ1v) is 8.82. The molecule has 1 unspecified atom stereocenters. The molecular formula is C20H23F3N2O3. The zero-order valence-electron chi connectivity index (χ0n) is 15.6. The molecular weight excluding hydrogens is 373 g/mol. The Morgan fingerprint density at radius 2 is 1.93 bits per heavy atom. The Morgan fingerprint density at radius 1 is 1.21 bits per heavy atom. The van der Waals surface area contributed by atoms with Crippen molar-refractivity contribution in [3.63, 3.8) is 0 Å². The van der Waals surface area contributed by atoms with Gasteiger partial charge in [0, 0.05) is 12.2 Å². The molecule has 0 heterocycles. The highest BCUT2D eigenvalue weighted by atomic mass is 19.4. The highest BCUT2D eigenvalue weighted by molar-refractivity contribution is 5.91. The van der Waals surface area contributed by atoms with E-state index in [1.54, 1.807) is 0 Å². The molecule has 5 nitrogen and oxygen atoms in total. The maximum absolute atomic E-state index is 12.7. The SMILES string of the molecule is CCc1cccc(C)c1NC(=O)NCC(O)COc1cccc(C(F)(F)F)c1. The van der Waals surface area contributed by atoms with Gasteiger partial charge in [-0.3, -0.25) is 0 Å². The lowest BCUT2D eigenvalue weighted by atomic mass is 10.1. The van der Waals surface area contributed by atoms with Gasteiger partial charge in [-0.2, -0.15) is 13.2 Å². The number of aliphatic hydroxyl groups excluding tert-OH is 1. The molecule has 2 amide bonds. The average Bonchev–Trinajstić information content (AvgIpc) is 2.66. The molecule has 28 heavy (non-hydrogen) atoms. The fraction of sp³-hybridized carbons (Fsp3) is 0.350. The number of anilines is 1. The molecule has 0 aliphatic rings. The first-order valence-electron chi connectivity index (χ1n) is 8.82. The van der Waals surface area contributed by atoms with Gasteiger partial charge in [0.25, 0.3) is 0 Å². The smallest absolute Gasteiger partial charge is 0.416 e. The van der Waals surface area contributed by atoms with Crippen molar-refractivity contribution in [1.82, 2.24) is 5.32 Å². The molecule has 8 heteroatoms. The van der Waals surface area contributed by atoms with E-state index >= 15 is 0 Å². The largest absolute Gasteiger partial charge is 0.491 e. The minimum absolute atomic E-state index is 0.00850. The summed E-state index contributed by atoms with van der Waals surface area (Å²) in [7, 11) is 0. The minimum Gasteiger partial charge on any atom is -0.491 e. The lowest BCUT2D eigenvalue weighted by molar-refractivity contribution is -0.137. The highest BCUT2D eigenvalue weighted by Crippen LogP contribution is 2.31. The van der Waals surface area contributed by atoms with Crippen LogP contribution in [0.5, 0.6) is 5.75 Å². The van der Waals surface area contributed by atoms with Gasteiger partial charge in [-0.1, -0.05) is 31.2 Å². The van der Waals surface area contributed by atoms with Crippen molar-refractivity contribution in [2.45, 2.75) is 32.5 Å². The number of halogens is 3. The molecule has 0 radical (unpaired) electrons. The van der Waals surface area contributed by atoms with Crippen molar-refractivity contribution in [1.29, 1.82) is 0 Å².